The number of carbonyl (C=O) groups is 1. The Morgan fingerprint density at radius 3 is 3.00 bits per heavy atom. The van der Waals surface area contributed by atoms with Gasteiger partial charge in [-0.3, -0.25) is 4.79 Å². The molecule has 128 valence electrons. The van der Waals surface area contributed by atoms with Gasteiger partial charge < -0.3 is 19.7 Å². The number of fused-ring (bicyclic) bond motifs is 2. The number of para-hydroxylation sites is 1. The van der Waals surface area contributed by atoms with E-state index in [1.807, 2.05) is 0 Å². The second kappa shape index (κ2) is 6.21. The Morgan fingerprint density at radius 1 is 1.32 bits per heavy atom. The second-order valence-corrected chi connectivity index (χ2v) is 6.56. The minimum atomic E-state index is -0.363. The first-order valence-corrected chi connectivity index (χ1v) is 8.37. The van der Waals surface area contributed by atoms with E-state index >= 15 is 0 Å². The molecule has 0 aliphatic carbocycles. The van der Waals surface area contributed by atoms with Crippen LogP contribution in [0.5, 0.6) is 11.5 Å². The first-order valence-electron chi connectivity index (χ1n) is 7.56. The van der Waals surface area contributed by atoms with E-state index in [2.05, 4.69) is 10.3 Å². The lowest BCUT2D eigenvalue weighted by Crippen LogP contribution is -2.29. The Hall–Kier alpha value is -2.87. The third-order valence-electron chi connectivity index (χ3n) is 3.72. The lowest BCUT2D eigenvalue weighted by atomic mass is 10.3. The molecule has 2 heterocycles. The highest BCUT2D eigenvalue weighted by Crippen LogP contribution is 2.34. The van der Waals surface area contributed by atoms with Gasteiger partial charge in [0.15, 0.2) is 16.6 Å². The fourth-order valence-corrected chi connectivity index (χ4v) is 3.46. The van der Waals surface area contributed by atoms with Gasteiger partial charge >= 0.3 is 0 Å². The molecule has 25 heavy (non-hydrogen) atoms. The Morgan fingerprint density at radius 2 is 2.16 bits per heavy atom. The molecule has 0 saturated heterocycles. The molecular weight excluding hydrogens is 345 g/mol. The SMILES string of the molecule is CN(CC(=O)Nc1ccc2c(c1)OCO2)c1nc2c(F)cccc2s1. The van der Waals surface area contributed by atoms with Crippen LogP contribution in [-0.2, 0) is 4.79 Å². The minimum absolute atomic E-state index is 0.0931. The summed E-state index contributed by atoms with van der Waals surface area (Å²) in [4.78, 5) is 18.2. The zero-order valence-electron chi connectivity index (χ0n) is 13.3. The third-order valence-corrected chi connectivity index (χ3v) is 4.86. The Labute approximate surface area is 146 Å². The van der Waals surface area contributed by atoms with Crippen LogP contribution in [0, 0.1) is 5.82 Å². The van der Waals surface area contributed by atoms with E-state index in [-0.39, 0.29) is 25.1 Å². The molecule has 0 saturated carbocycles. The largest absolute Gasteiger partial charge is 0.454 e. The summed E-state index contributed by atoms with van der Waals surface area (Å²) in [6.07, 6.45) is 0. The number of carbonyl (C=O) groups excluding carboxylic acids is 1. The number of hydrogen-bond donors (Lipinski definition) is 1. The van der Waals surface area contributed by atoms with Crippen LogP contribution in [0.1, 0.15) is 0 Å². The standard InChI is InChI=1S/C17H14FN3O3S/c1-21(17-20-16-11(18)3-2-4-14(16)25-17)8-15(22)19-10-5-6-12-13(7-10)24-9-23-12/h2-7H,8-9H2,1H3,(H,19,22). The Kier molecular flexibility index (Phi) is 3.89. The second-order valence-electron chi connectivity index (χ2n) is 5.56. The molecule has 6 nitrogen and oxygen atoms in total. The molecule has 0 unspecified atom stereocenters. The molecule has 1 amide bonds. The van der Waals surface area contributed by atoms with Gasteiger partial charge in [0.25, 0.3) is 0 Å². The first kappa shape index (κ1) is 15.6. The zero-order chi connectivity index (χ0) is 17.4. The Bertz CT molecular complexity index is 959. The van der Waals surface area contributed by atoms with E-state index in [9.17, 15) is 9.18 Å². The zero-order valence-corrected chi connectivity index (χ0v) is 14.1. The van der Waals surface area contributed by atoms with E-state index in [0.29, 0.717) is 27.8 Å². The molecule has 0 radical (unpaired) electrons. The number of thiazole rings is 1. The van der Waals surface area contributed by atoms with Crippen molar-refractivity contribution >= 4 is 38.3 Å². The summed E-state index contributed by atoms with van der Waals surface area (Å²) >= 11 is 1.34. The van der Waals surface area contributed by atoms with E-state index < -0.39 is 0 Å². The predicted molar refractivity (Wildman–Crippen MR) is 94.0 cm³/mol. The van der Waals surface area contributed by atoms with Crippen molar-refractivity contribution < 1.29 is 18.7 Å². The van der Waals surface area contributed by atoms with Crippen LogP contribution in [0.25, 0.3) is 10.2 Å². The van der Waals surface area contributed by atoms with Crippen LogP contribution in [-0.4, -0.2) is 31.3 Å². The first-order chi connectivity index (χ1) is 12.1. The van der Waals surface area contributed by atoms with Gasteiger partial charge in [-0.2, -0.15) is 0 Å². The monoisotopic (exact) mass is 359 g/mol. The van der Waals surface area contributed by atoms with E-state index in [1.54, 1.807) is 42.3 Å². The summed E-state index contributed by atoms with van der Waals surface area (Å²) in [5, 5.41) is 3.39. The number of ether oxygens (including phenoxy) is 2. The van der Waals surface area contributed by atoms with Crippen LogP contribution in [0.3, 0.4) is 0 Å². The van der Waals surface area contributed by atoms with E-state index in [4.69, 9.17) is 9.47 Å². The summed E-state index contributed by atoms with van der Waals surface area (Å²) < 4.78 is 25.0. The van der Waals surface area contributed by atoms with Gasteiger partial charge in [0.2, 0.25) is 12.7 Å². The molecule has 0 fully saturated rings. The molecule has 0 atom stereocenters. The molecule has 2 aromatic carbocycles. The average Bonchev–Trinajstić information content (AvgIpc) is 3.21. The van der Waals surface area contributed by atoms with Crippen molar-refractivity contribution in [2.75, 3.05) is 30.6 Å². The number of likely N-dealkylation sites (N-methyl/N-ethyl adjacent to an activating group) is 1. The summed E-state index contributed by atoms with van der Waals surface area (Å²) in [5.41, 5.74) is 0.948. The van der Waals surface area contributed by atoms with Crippen LogP contribution in [0.15, 0.2) is 36.4 Å². The highest BCUT2D eigenvalue weighted by atomic mass is 32.1. The molecule has 3 aromatic rings. The molecule has 1 aromatic heterocycles. The molecule has 0 spiro atoms. The molecule has 1 N–H and O–H groups in total. The van der Waals surface area contributed by atoms with Gasteiger partial charge in [0, 0.05) is 18.8 Å². The minimum Gasteiger partial charge on any atom is -0.454 e. The van der Waals surface area contributed by atoms with Crippen LogP contribution < -0.4 is 19.7 Å². The van der Waals surface area contributed by atoms with Crippen molar-refractivity contribution in [3.05, 3.63) is 42.2 Å². The lowest BCUT2D eigenvalue weighted by Gasteiger charge is -2.15. The maximum atomic E-state index is 13.7. The van der Waals surface area contributed by atoms with E-state index in [1.165, 1.54) is 17.4 Å². The Balaban J connectivity index is 1.45. The third kappa shape index (κ3) is 3.08. The van der Waals surface area contributed by atoms with Crippen molar-refractivity contribution in [1.82, 2.24) is 4.98 Å². The number of nitrogens with zero attached hydrogens (tertiary/aromatic N) is 2. The van der Waals surface area contributed by atoms with Crippen LogP contribution in [0.2, 0.25) is 0 Å². The van der Waals surface area contributed by atoms with Crippen molar-refractivity contribution in [1.29, 1.82) is 0 Å². The fraction of sp³-hybridized carbons (Fsp3) is 0.176. The maximum Gasteiger partial charge on any atom is 0.243 e. The summed E-state index contributed by atoms with van der Waals surface area (Å²) in [5.74, 6) is 0.693. The molecule has 0 bridgehead atoms. The molecular formula is C17H14FN3O3S. The number of rotatable bonds is 4. The number of nitrogens with one attached hydrogen (secondary N) is 1. The quantitative estimate of drug-likeness (QED) is 0.775. The number of hydrogen-bond acceptors (Lipinski definition) is 6. The number of halogens is 1. The summed E-state index contributed by atoms with van der Waals surface area (Å²) in [6.45, 7) is 0.277. The van der Waals surface area contributed by atoms with Gasteiger partial charge in [-0.15, -0.1) is 0 Å². The van der Waals surface area contributed by atoms with Gasteiger partial charge in [-0.05, 0) is 24.3 Å². The van der Waals surface area contributed by atoms with Crippen molar-refractivity contribution in [3.8, 4) is 11.5 Å². The summed E-state index contributed by atoms with van der Waals surface area (Å²) in [6, 6.07) is 10.0. The van der Waals surface area contributed by atoms with Crippen LogP contribution >= 0.6 is 11.3 Å². The van der Waals surface area contributed by atoms with Crippen molar-refractivity contribution in [2.45, 2.75) is 0 Å². The molecule has 1 aliphatic heterocycles. The van der Waals surface area contributed by atoms with Crippen molar-refractivity contribution in [3.63, 3.8) is 0 Å². The predicted octanol–water partition coefficient (Wildman–Crippen LogP) is 3.24. The van der Waals surface area contributed by atoms with Crippen molar-refractivity contribution in [2.24, 2.45) is 0 Å². The number of amides is 1. The van der Waals surface area contributed by atoms with Gasteiger partial charge in [0.05, 0.1) is 11.2 Å². The topological polar surface area (TPSA) is 63.7 Å². The number of anilines is 2. The lowest BCUT2D eigenvalue weighted by molar-refractivity contribution is -0.114. The average molecular weight is 359 g/mol. The van der Waals surface area contributed by atoms with E-state index in [0.717, 1.165) is 4.70 Å². The number of aromatic nitrogens is 1. The molecule has 1 aliphatic rings. The summed E-state index contributed by atoms with van der Waals surface area (Å²) in [7, 11) is 1.74. The molecule has 8 heteroatoms. The maximum absolute atomic E-state index is 13.7. The molecule has 4 rings (SSSR count). The van der Waals surface area contributed by atoms with Gasteiger partial charge in [0.1, 0.15) is 11.3 Å². The fourth-order valence-electron chi connectivity index (χ4n) is 2.52. The highest BCUT2D eigenvalue weighted by Gasteiger charge is 2.16. The van der Waals surface area contributed by atoms with Gasteiger partial charge in [-0.25, -0.2) is 9.37 Å². The van der Waals surface area contributed by atoms with Gasteiger partial charge in [-0.1, -0.05) is 17.4 Å². The smallest absolute Gasteiger partial charge is 0.243 e. The van der Waals surface area contributed by atoms with Crippen LogP contribution in [0.4, 0.5) is 15.2 Å². The highest BCUT2D eigenvalue weighted by molar-refractivity contribution is 7.22. The number of benzene rings is 2. The normalized spacial score (nSPS) is 12.4.